The first kappa shape index (κ1) is 10.8. The number of carboxylic acids is 1. The van der Waals surface area contributed by atoms with Gasteiger partial charge in [0, 0.05) is 13.2 Å². The van der Waals surface area contributed by atoms with Gasteiger partial charge in [0.2, 0.25) is 0 Å². The molecule has 1 aliphatic rings. The standard InChI is InChI=1S/C12H12N2O4/c1-14-6-9-10(11(14)12(15)16)13-5-8(18-9)7-3-2-4-17-7/h2-4,6,8,13H,5H2,1H3,(H,15,16). The number of carbonyl (C=O) groups is 1. The number of aryl methyl sites for hydroxylation is 1. The van der Waals surface area contributed by atoms with Gasteiger partial charge in [-0.2, -0.15) is 0 Å². The first-order valence-corrected chi connectivity index (χ1v) is 5.53. The molecule has 0 saturated carbocycles. The first-order chi connectivity index (χ1) is 8.66. The maximum atomic E-state index is 11.1. The summed E-state index contributed by atoms with van der Waals surface area (Å²) in [4.78, 5) is 11.1. The Bertz CT molecular complexity index is 585. The number of anilines is 1. The SMILES string of the molecule is Cn1cc2c(c1C(=O)O)NCC(c1ccco1)O2. The van der Waals surface area contributed by atoms with Crippen molar-refractivity contribution in [3.63, 3.8) is 0 Å². The Morgan fingerprint density at radius 3 is 3.11 bits per heavy atom. The fraction of sp³-hybridized carbons (Fsp3) is 0.250. The summed E-state index contributed by atoms with van der Waals surface area (Å²) in [6, 6.07) is 3.63. The summed E-state index contributed by atoms with van der Waals surface area (Å²) in [5.41, 5.74) is 0.718. The van der Waals surface area contributed by atoms with Gasteiger partial charge < -0.3 is 24.1 Å². The smallest absolute Gasteiger partial charge is 0.354 e. The van der Waals surface area contributed by atoms with Crippen molar-refractivity contribution in [2.45, 2.75) is 6.10 Å². The molecular formula is C12H12N2O4. The van der Waals surface area contributed by atoms with Crippen LogP contribution in [0.3, 0.4) is 0 Å². The average molecular weight is 248 g/mol. The predicted molar refractivity (Wildman–Crippen MR) is 62.9 cm³/mol. The Balaban J connectivity index is 1.95. The van der Waals surface area contributed by atoms with Crippen LogP contribution in [-0.4, -0.2) is 22.2 Å². The summed E-state index contributed by atoms with van der Waals surface area (Å²) in [5.74, 6) is 0.266. The molecule has 0 saturated heterocycles. The molecule has 2 aromatic heterocycles. The fourth-order valence-electron chi connectivity index (χ4n) is 2.14. The van der Waals surface area contributed by atoms with Gasteiger partial charge in [-0.05, 0) is 12.1 Å². The molecule has 0 bridgehead atoms. The number of fused-ring (bicyclic) bond motifs is 1. The molecule has 3 rings (SSSR count). The minimum atomic E-state index is -0.980. The lowest BCUT2D eigenvalue weighted by molar-refractivity contribution is 0.0687. The zero-order valence-electron chi connectivity index (χ0n) is 9.71. The topological polar surface area (TPSA) is 76.6 Å². The third kappa shape index (κ3) is 1.54. The number of furan rings is 1. The monoisotopic (exact) mass is 248 g/mol. The summed E-state index contributed by atoms with van der Waals surface area (Å²) in [5, 5.41) is 12.2. The van der Waals surface area contributed by atoms with E-state index in [1.807, 2.05) is 6.07 Å². The van der Waals surface area contributed by atoms with E-state index in [1.54, 1.807) is 25.6 Å². The van der Waals surface area contributed by atoms with E-state index in [-0.39, 0.29) is 11.8 Å². The van der Waals surface area contributed by atoms with Crippen LogP contribution in [0.4, 0.5) is 5.69 Å². The number of nitrogens with zero attached hydrogens (tertiary/aromatic N) is 1. The largest absolute Gasteiger partial charge is 0.477 e. The number of carboxylic acid groups (broad SMARTS) is 1. The highest BCUT2D eigenvalue weighted by Gasteiger charge is 2.29. The van der Waals surface area contributed by atoms with Gasteiger partial charge in [-0.25, -0.2) is 4.79 Å². The normalized spacial score (nSPS) is 17.7. The van der Waals surface area contributed by atoms with Crippen LogP contribution in [0.1, 0.15) is 22.4 Å². The van der Waals surface area contributed by atoms with Crippen LogP contribution in [-0.2, 0) is 7.05 Å². The minimum Gasteiger partial charge on any atom is -0.477 e. The van der Waals surface area contributed by atoms with Gasteiger partial charge in [0.1, 0.15) is 11.4 Å². The minimum absolute atomic E-state index is 0.197. The number of ether oxygens (including phenoxy) is 1. The molecule has 0 aromatic carbocycles. The lowest BCUT2D eigenvalue weighted by Gasteiger charge is -2.23. The van der Waals surface area contributed by atoms with Crippen molar-refractivity contribution in [1.29, 1.82) is 0 Å². The molecule has 2 N–H and O–H groups in total. The van der Waals surface area contributed by atoms with Crippen molar-refractivity contribution in [3.8, 4) is 5.75 Å². The van der Waals surface area contributed by atoms with Gasteiger partial charge >= 0.3 is 5.97 Å². The number of aromatic carboxylic acids is 1. The molecule has 0 amide bonds. The number of hydrogen-bond donors (Lipinski definition) is 2. The van der Waals surface area contributed by atoms with Gasteiger partial charge in [0.05, 0.1) is 12.8 Å². The van der Waals surface area contributed by atoms with Crippen molar-refractivity contribution in [3.05, 3.63) is 36.0 Å². The van der Waals surface area contributed by atoms with Crippen LogP contribution >= 0.6 is 0 Å². The lowest BCUT2D eigenvalue weighted by atomic mass is 10.2. The van der Waals surface area contributed by atoms with E-state index < -0.39 is 5.97 Å². The highest BCUT2D eigenvalue weighted by atomic mass is 16.5. The molecule has 6 heteroatoms. The lowest BCUT2D eigenvalue weighted by Crippen LogP contribution is -2.23. The van der Waals surface area contributed by atoms with E-state index in [2.05, 4.69) is 5.32 Å². The van der Waals surface area contributed by atoms with Gasteiger partial charge in [-0.15, -0.1) is 0 Å². The van der Waals surface area contributed by atoms with Crippen molar-refractivity contribution < 1.29 is 19.1 Å². The molecule has 1 atom stereocenters. The fourth-order valence-corrected chi connectivity index (χ4v) is 2.14. The van der Waals surface area contributed by atoms with Gasteiger partial charge in [0.15, 0.2) is 17.5 Å². The first-order valence-electron chi connectivity index (χ1n) is 5.53. The number of nitrogens with one attached hydrogen (secondary N) is 1. The van der Waals surface area contributed by atoms with Crippen LogP contribution in [0.2, 0.25) is 0 Å². The van der Waals surface area contributed by atoms with Crippen LogP contribution in [0.5, 0.6) is 5.75 Å². The van der Waals surface area contributed by atoms with Gasteiger partial charge in [-0.1, -0.05) is 0 Å². The summed E-state index contributed by atoms with van der Waals surface area (Å²) >= 11 is 0. The molecule has 1 aliphatic heterocycles. The Labute approximate surface area is 103 Å². The number of aromatic nitrogens is 1. The van der Waals surface area contributed by atoms with Crippen LogP contribution in [0, 0.1) is 0 Å². The zero-order chi connectivity index (χ0) is 12.7. The Morgan fingerprint density at radius 1 is 1.61 bits per heavy atom. The molecule has 0 fully saturated rings. The van der Waals surface area contributed by atoms with E-state index in [9.17, 15) is 4.79 Å². The maximum Gasteiger partial charge on any atom is 0.354 e. The Hall–Kier alpha value is -2.37. The second-order valence-corrected chi connectivity index (χ2v) is 4.14. The van der Waals surface area contributed by atoms with Crippen LogP contribution in [0.15, 0.2) is 29.0 Å². The van der Waals surface area contributed by atoms with Crippen LogP contribution in [0.25, 0.3) is 0 Å². The number of rotatable bonds is 2. The summed E-state index contributed by atoms with van der Waals surface area (Å²) in [6.45, 7) is 0.477. The second-order valence-electron chi connectivity index (χ2n) is 4.14. The number of hydrogen-bond acceptors (Lipinski definition) is 4. The van der Waals surface area contributed by atoms with E-state index in [0.717, 1.165) is 0 Å². The highest BCUT2D eigenvalue weighted by molar-refractivity contribution is 5.95. The van der Waals surface area contributed by atoms with E-state index in [0.29, 0.717) is 23.7 Å². The zero-order valence-corrected chi connectivity index (χ0v) is 9.71. The van der Waals surface area contributed by atoms with Crippen molar-refractivity contribution >= 4 is 11.7 Å². The third-order valence-corrected chi connectivity index (χ3v) is 2.94. The highest BCUT2D eigenvalue weighted by Crippen LogP contribution is 2.37. The Morgan fingerprint density at radius 2 is 2.44 bits per heavy atom. The molecule has 18 heavy (non-hydrogen) atoms. The van der Waals surface area contributed by atoms with Crippen molar-refractivity contribution in [1.82, 2.24) is 4.57 Å². The van der Waals surface area contributed by atoms with E-state index in [1.165, 1.54) is 4.57 Å². The molecule has 2 aromatic rings. The quantitative estimate of drug-likeness (QED) is 0.848. The molecule has 94 valence electrons. The van der Waals surface area contributed by atoms with Gasteiger partial charge in [-0.3, -0.25) is 0 Å². The average Bonchev–Trinajstić information content (AvgIpc) is 2.92. The summed E-state index contributed by atoms with van der Waals surface area (Å²) < 4.78 is 12.6. The molecule has 0 aliphatic carbocycles. The Kier molecular flexibility index (Phi) is 2.29. The van der Waals surface area contributed by atoms with Gasteiger partial charge in [0.25, 0.3) is 0 Å². The maximum absolute atomic E-state index is 11.1. The molecule has 1 unspecified atom stereocenters. The molecule has 6 nitrogen and oxygen atoms in total. The predicted octanol–water partition coefficient (Wildman–Crippen LogP) is 1.86. The van der Waals surface area contributed by atoms with Crippen molar-refractivity contribution in [2.75, 3.05) is 11.9 Å². The van der Waals surface area contributed by atoms with Crippen LogP contribution < -0.4 is 10.1 Å². The molecule has 0 spiro atoms. The molecule has 0 radical (unpaired) electrons. The van der Waals surface area contributed by atoms with E-state index in [4.69, 9.17) is 14.3 Å². The van der Waals surface area contributed by atoms with E-state index >= 15 is 0 Å². The molecular weight excluding hydrogens is 236 g/mol. The summed E-state index contributed by atoms with van der Waals surface area (Å²) in [6.07, 6.45) is 3.00. The molecule has 3 heterocycles. The summed E-state index contributed by atoms with van der Waals surface area (Å²) in [7, 11) is 1.68. The van der Waals surface area contributed by atoms with Crippen molar-refractivity contribution in [2.24, 2.45) is 7.05 Å². The second kappa shape index (κ2) is 3.83. The third-order valence-electron chi connectivity index (χ3n) is 2.94.